The Hall–Kier alpha value is -3.99. The number of benzene rings is 1. The smallest absolute Gasteiger partial charge is 0.408 e. The van der Waals surface area contributed by atoms with E-state index >= 15 is 0 Å². The minimum atomic E-state index is -0.855. The zero-order valence-electron chi connectivity index (χ0n) is 24.9. The third-order valence-electron chi connectivity index (χ3n) is 6.73. The van der Waals surface area contributed by atoms with E-state index in [1.165, 1.54) is 0 Å². The molecule has 42 heavy (non-hydrogen) atoms. The van der Waals surface area contributed by atoms with Crippen LogP contribution in [-0.4, -0.2) is 71.5 Å². The summed E-state index contributed by atoms with van der Waals surface area (Å²) in [4.78, 5) is 56.8. The number of carbonyl (C=O) groups is 4. The van der Waals surface area contributed by atoms with E-state index in [1.54, 1.807) is 24.5 Å². The van der Waals surface area contributed by atoms with Gasteiger partial charge >= 0.3 is 12.2 Å². The van der Waals surface area contributed by atoms with Gasteiger partial charge in [-0.2, -0.15) is 0 Å². The number of ether oxygens (including phenoxy) is 2. The quantitative estimate of drug-likeness (QED) is 0.308. The van der Waals surface area contributed by atoms with Gasteiger partial charge in [0.1, 0.15) is 25.3 Å². The third-order valence-corrected chi connectivity index (χ3v) is 6.73. The van der Waals surface area contributed by atoms with Crippen LogP contribution in [0.2, 0.25) is 0 Å². The Labute approximate surface area is 247 Å². The highest BCUT2D eigenvalue weighted by Crippen LogP contribution is 2.13. The van der Waals surface area contributed by atoms with Gasteiger partial charge in [0.15, 0.2) is 5.78 Å². The number of amides is 3. The van der Waals surface area contributed by atoms with E-state index < -0.39 is 30.2 Å². The summed E-state index contributed by atoms with van der Waals surface area (Å²) in [6.45, 7) is 9.12. The standard InChI is InChI=1S/C31H43N5O6/c1-21(2)14-25(33-30(39)41-19-23-8-6-5-7-9-23)16-36-17-27(28(37)18-36)34-29(38)26(15-22(3)4)35-31(40)42-20-24-10-12-32-13-11-24/h5-13,21-22,25-27H,14-20H2,1-4H3,(H,33,39)(H,34,38)(H,35,40)/t25-,26-,27+/m0/s1. The van der Waals surface area contributed by atoms with Crippen molar-refractivity contribution in [2.24, 2.45) is 11.8 Å². The lowest BCUT2D eigenvalue weighted by molar-refractivity contribution is -0.127. The molecule has 1 aromatic carbocycles. The van der Waals surface area contributed by atoms with Gasteiger partial charge in [0.2, 0.25) is 5.91 Å². The predicted molar refractivity (Wildman–Crippen MR) is 157 cm³/mol. The molecule has 1 saturated heterocycles. The number of nitrogens with zero attached hydrogens (tertiary/aromatic N) is 2. The summed E-state index contributed by atoms with van der Waals surface area (Å²) in [6.07, 6.45) is 3.06. The molecule has 0 radical (unpaired) electrons. The molecule has 3 rings (SSSR count). The molecule has 11 heteroatoms. The number of pyridine rings is 1. The van der Waals surface area contributed by atoms with E-state index in [0.29, 0.717) is 31.8 Å². The Morgan fingerprint density at radius 3 is 2.10 bits per heavy atom. The van der Waals surface area contributed by atoms with Crippen molar-refractivity contribution in [3.63, 3.8) is 0 Å². The highest BCUT2D eigenvalue weighted by atomic mass is 16.6. The zero-order chi connectivity index (χ0) is 30.5. The van der Waals surface area contributed by atoms with Crippen LogP contribution < -0.4 is 16.0 Å². The van der Waals surface area contributed by atoms with Gasteiger partial charge in [-0.05, 0) is 47.9 Å². The molecule has 3 atom stereocenters. The summed E-state index contributed by atoms with van der Waals surface area (Å²) < 4.78 is 10.7. The van der Waals surface area contributed by atoms with E-state index in [0.717, 1.165) is 11.1 Å². The molecule has 2 heterocycles. The molecule has 3 amide bonds. The van der Waals surface area contributed by atoms with Gasteiger partial charge in [-0.25, -0.2) is 9.59 Å². The van der Waals surface area contributed by atoms with Crippen molar-refractivity contribution >= 4 is 23.9 Å². The first-order valence-electron chi connectivity index (χ1n) is 14.4. The summed E-state index contributed by atoms with van der Waals surface area (Å²) in [5.74, 6) is -0.145. The highest BCUT2D eigenvalue weighted by Gasteiger charge is 2.35. The number of aromatic nitrogens is 1. The number of hydrogen-bond acceptors (Lipinski definition) is 8. The van der Waals surface area contributed by atoms with Crippen molar-refractivity contribution in [1.29, 1.82) is 0 Å². The minimum absolute atomic E-state index is 0.0474. The normalized spacial score (nSPS) is 16.6. The van der Waals surface area contributed by atoms with Gasteiger partial charge in [-0.1, -0.05) is 58.0 Å². The lowest BCUT2D eigenvalue weighted by Gasteiger charge is -2.26. The minimum Gasteiger partial charge on any atom is -0.445 e. The van der Waals surface area contributed by atoms with E-state index in [1.807, 2.05) is 49.1 Å². The summed E-state index contributed by atoms with van der Waals surface area (Å²) in [7, 11) is 0. The van der Waals surface area contributed by atoms with E-state index in [-0.39, 0.29) is 37.5 Å². The number of carbonyl (C=O) groups excluding carboxylic acids is 4. The molecule has 0 bridgehead atoms. The van der Waals surface area contributed by atoms with Crippen LogP contribution in [0.1, 0.15) is 51.7 Å². The number of alkyl carbamates (subject to hydrolysis) is 2. The van der Waals surface area contributed by atoms with Crippen LogP contribution in [0, 0.1) is 11.8 Å². The molecule has 0 saturated carbocycles. The molecule has 0 unspecified atom stereocenters. The van der Waals surface area contributed by atoms with Crippen molar-refractivity contribution in [3.8, 4) is 0 Å². The van der Waals surface area contributed by atoms with Crippen LogP contribution in [0.3, 0.4) is 0 Å². The Morgan fingerprint density at radius 2 is 1.48 bits per heavy atom. The van der Waals surface area contributed by atoms with Crippen molar-refractivity contribution in [1.82, 2.24) is 25.8 Å². The van der Waals surface area contributed by atoms with Gasteiger partial charge < -0.3 is 25.4 Å². The van der Waals surface area contributed by atoms with Crippen LogP contribution in [0.25, 0.3) is 0 Å². The SMILES string of the molecule is CC(C)C[C@@H](CN1CC(=O)[C@H](NC(=O)[C@H](CC(C)C)NC(=O)OCc2ccncc2)C1)NC(=O)OCc1ccccc1. The first kappa shape index (κ1) is 32.5. The molecular weight excluding hydrogens is 538 g/mol. The molecule has 11 nitrogen and oxygen atoms in total. The maximum atomic E-state index is 13.2. The van der Waals surface area contributed by atoms with E-state index in [4.69, 9.17) is 9.47 Å². The number of likely N-dealkylation sites (tertiary alicyclic amines) is 1. The molecule has 1 aromatic heterocycles. The van der Waals surface area contributed by atoms with Gasteiger partial charge in [0.05, 0.1) is 6.54 Å². The average Bonchev–Trinajstić information content (AvgIpc) is 3.28. The molecule has 0 aliphatic carbocycles. The fraction of sp³-hybridized carbons (Fsp3) is 0.516. The van der Waals surface area contributed by atoms with E-state index in [2.05, 4.69) is 34.8 Å². The monoisotopic (exact) mass is 581 g/mol. The number of ketones is 1. The molecular formula is C31H43N5O6. The second kappa shape index (κ2) is 16.5. The van der Waals surface area contributed by atoms with Crippen LogP contribution >= 0.6 is 0 Å². The number of hydrogen-bond donors (Lipinski definition) is 3. The van der Waals surface area contributed by atoms with Crippen LogP contribution in [0.15, 0.2) is 54.9 Å². The van der Waals surface area contributed by atoms with Crippen molar-refractivity contribution in [3.05, 3.63) is 66.0 Å². The first-order chi connectivity index (χ1) is 20.1. The number of rotatable bonds is 14. The summed E-state index contributed by atoms with van der Waals surface area (Å²) in [5, 5.41) is 8.39. The maximum absolute atomic E-state index is 13.2. The Bertz CT molecular complexity index is 1160. The first-order valence-corrected chi connectivity index (χ1v) is 14.4. The molecule has 228 valence electrons. The van der Waals surface area contributed by atoms with Crippen LogP contribution in [-0.2, 0) is 32.3 Å². The Kier molecular flexibility index (Phi) is 12.7. The molecule has 1 aliphatic rings. The second-order valence-corrected chi connectivity index (χ2v) is 11.5. The van der Waals surface area contributed by atoms with Crippen molar-refractivity contribution in [2.75, 3.05) is 19.6 Å². The molecule has 1 fully saturated rings. The van der Waals surface area contributed by atoms with Crippen molar-refractivity contribution in [2.45, 2.75) is 71.9 Å². The summed E-state index contributed by atoms with van der Waals surface area (Å²) in [6, 6.07) is 11.1. The number of nitrogens with one attached hydrogen (secondary N) is 3. The van der Waals surface area contributed by atoms with Gasteiger partial charge in [-0.3, -0.25) is 19.5 Å². The van der Waals surface area contributed by atoms with Crippen LogP contribution in [0.5, 0.6) is 0 Å². The molecule has 0 spiro atoms. The maximum Gasteiger partial charge on any atom is 0.408 e. The number of Topliss-reactive ketones (excluding diaryl/α,β-unsaturated/α-hetero) is 1. The highest BCUT2D eigenvalue weighted by molar-refractivity contribution is 5.94. The predicted octanol–water partition coefficient (Wildman–Crippen LogP) is 3.43. The topological polar surface area (TPSA) is 139 Å². The fourth-order valence-corrected chi connectivity index (χ4v) is 4.80. The summed E-state index contributed by atoms with van der Waals surface area (Å²) in [5.41, 5.74) is 1.67. The van der Waals surface area contributed by atoms with Crippen molar-refractivity contribution < 1.29 is 28.7 Å². The van der Waals surface area contributed by atoms with Gasteiger partial charge in [0.25, 0.3) is 0 Å². The van der Waals surface area contributed by atoms with E-state index in [9.17, 15) is 19.2 Å². The molecule has 3 N–H and O–H groups in total. The van der Waals surface area contributed by atoms with Crippen LogP contribution in [0.4, 0.5) is 9.59 Å². The molecule has 1 aliphatic heterocycles. The Balaban J connectivity index is 1.52. The molecule has 2 aromatic rings. The largest absolute Gasteiger partial charge is 0.445 e. The third kappa shape index (κ3) is 11.5. The summed E-state index contributed by atoms with van der Waals surface area (Å²) >= 11 is 0. The van der Waals surface area contributed by atoms with Gasteiger partial charge in [-0.15, -0.1) is 0 Å². The lowest BCUT2D eigenvalue weighted by Crippen LogP contribution is -2.52. The zero-order valence-corrected chi connectivity index (χ0v) is 24.9. The lowest BCUT2D eigenvalue weighted by atomic mass is 10.0. The fourth-order valence-electron chi connectivity index (χ4n) is 4.80. The Morgan fingerprint density at radius 1 is 0.881 bits per heavy atom. The second-order valence-electron chi connectivity index (χ2n) is 11.5. The van der Waals surface area contributed by atoms with Gasteiger partial charge in [0, 0.05) is 31.5 Å². The average molecular weight is 582 g/mol.